The summed E-state index contributed by atoms with van der Waals surface area (Å²) in [5, 5.41) is 0. The Morgan fingerprint density at radius 3 is 2.63 bits per heavy atom. The van der Waals surface area contributed by atoms with Crippen molar-refractivity contribution in [1.29, 1.82) is 0 Å². The van der Waals surface area contributed by atoms with Gasteiger partial charge in [-0.1, -0.05) is 0 Å². The van der Waals surface area contributed by atoms with Gasteiger partial charge in [0.1, 0.15) is 5.52 Å². The number of ether oxygens (including phenoxy) is 2. The lowest BCUT2D eigenvalue weighted by Gasteiger charge is -2.23. The molecular formula is C19H22N4O4. The number of piperidine rings is 1. The van der Waals surface area contributed by atoms with E-state index in [0.717, 1.165) is 37.2 Å². The molecule has 0 bridgehead atoms. The molecule has 0 aromatic carbocycles. The van der Waals surface area contributed by atoms with E-state index in [0.29, 0.717) is 24.7 Å². The molecule has 0 spiro atoms. The third-order valence-corrected chi connectivity index (χ3v) is 6.20. The molecule has 3 atom stereocenters. The summed E-state index contributed by atoms with van der Waals surface area (Å²) in [5.41, 5.74) is 2.10. The molecule has 142 valence electrons. The fourth-order valence-electron chi connectivity index (χ4n) is 4.63. The maximum absolute atomic E-state index is 12.8. The predicted octanol–water partition coefficient (Wildman–Crippen LogP) is 1.27. The first-order chi connectivity index (χ1) is 13.2. The molecule has 2 saturated heterocycles. The monoisotopic (exact) mass is 370 g/mol. The van der Waals surface area contributed by atoms with Crippen LogP contribution in [0.25, 0.3) is 11.2 Å². The van der Waals surface area contributed by atoms with Crippen LogP contribution in [0.1, 0.15) is 29.2 Å². The van der Waals surface area contributed by atoms with Crippen molar-refractivity contribution >= 4 is 23.0 Å². The van der Waals surface area contributed by atoms with Gasteiger partial charge >= 0.3 is 5.97 Å². The van der Waals surface area contributed by atoms with Crippen LogP contribution in [0.4, 0.5) is 0 Å². The Hall–Kier alpha value is -2.48. The Labute approximate surface area is 156 Å². The van der Waals surface area contributed by atoms with E-state index >= 15 is 0 Å². The summed E-state index contributed by atoms with van der Waals surface area (Å²) in [7, 11) is 1.42. The first-order valence-electron chi connectivity index (χ1n) is 9.45. The van der Waals surface area contributed by atoms with Gasteiger partial charge < -0.3 is 18.9 Å². The van der Waals surface area contributed by atoms with E-state index < -0.39 is 0 Å². The van der Waals surface area contributed by atoms with Crippen LogP contribution in [0.3, 0.4) is 0 Å². The smallest absolute Gasteiger partial charge is 0.309 e. The first kappa shape index (κ1) is 16.7. The Kier molecular flexibility index (Phi) is 3.89. The molecule has 4 heterocycles. The third kappa shape index (κ3) is 2.70. The van der Waals surface area contributed by atoms with Crippen molar-refractivity contribution in [1.82, 2.24) is 19.4 Å². The van der Waals surface area contributed by atoms with Gasteiger partial charge in [-0.2, -0.15) is 0 Å². The Balaban J connectivity index is 1.31. The molecule has 3 fully saturated rings. The topological polar surface area (TPSA) is 86.5 Å². The van der Waals surface area contributed by atoms with Crippen molar-refractivity contribution in [2.24, 2.45) is 17.8 Å². The van der Waals surface area contributed by atoms with Gasteiger partial charge in [0.2, 0.25) is 0 Å². The minimum absolute atomic E-state index is 0.0326. The quantitative estimate of drug-likeness (QED) is 0.757. The Morgan fingerprint density at radius 2 is 1.93 bits per heavy atom. The van der Waals surface area contributed by atoms with Crippen LogP contribution in [-0.4, -0.2) is 64.7 Å². The molecule has 8 heteroatoms. The van der Waals surface area contributed by atoms with Crippen LogP contribution in [0.5, 0.6) is 0 Å². The number of carbonyl (C=O) groups excluding carboxylic acids is 2. The number of nitrogens with zero attached hydrogens (tertiary/aromatic N) is 4. The lowest BCUT2D eigenvalue weighted by Crippen LogP contribution is -2.32. The summed E-state index contributed by atoms with van der Waals surface area (Å²) >= 11 is 0. The number of rotatable bonds is 3. The van der Waals surface area contributed by atoms with Gasteiger partial charge in [0.05, 0.1) is 24.9 Å². The van der Waals surface area contributed by atoms with E-state index in [1.807, 2.05) is 17.3 Å². The van der Waals surface area contributed by atoms with E-state index in [9.17, 15) is 9.59 Å². The minimum atomic E-state index is -0.154. The van der Waals surface area contributed by atoms with Crippen LogP contribution < -0.4 is 0 Å². The molecule has 2 aromatic rings. The molecular weight excluding hydrogens is 348 g/mol. The molecule has 27 heavy (non-hydrogen) atoms. The molecule has 1 amide bonds. The zero-order valence-corrected chi connectivity index (χ0v) is 15.2. The second-order valence-corrected chi connectivity index (χ2v) is 7.65. The molecule has 1 aliphatic carbocycles. The highest BCUT2D eigenvalue weighted by Gasteiger charge is 2.61. The summed E-state index contributed by atoms with van der Waals surface area (Å²) in [6.45, 7) is 2.73. The molecule has 1 unspecified atom stereocenters. The number of likely N-dealkylation sites (tertiary alicyclic amines) is 1. The van der Waals surface area contributed by atoms with Gasteiger partial charge in [0.25, 0.3) is 5.91 Å². The Morgan fingerprint density at radius 1 is 1.19 bits per heavy atom. The van der Waals surface area contributed by atoms with E-state index in [2.05, 4.69) is 14.5 Å². The second-order valence-electron chi connectivity index (χ2n) is 7.65. The maximum Gasteiger partial charge on any atom is 0.309 e. The predicted molar refractivity (Wildman–Crippen MR) is 95.0 cm³/mol. The van der Waals surface area contributed by atoms with Gasteiger partial charge in [-0.05, 0) is 30.7 Å². The zero-order valence-electron chi connectivity index (χ0n) is 15.2. The van der Waals surface area contributed by atoms with E-state index in [1.54, 1.807) is 6.20 Å². The maximum atomic E-state index is 12.8. The fraction of sp³-hybridized carbons (Fsp3) is 0.579. The van der Waals surface area contributed by atoms with Crippen LogP contribution in [0.2, 0.25) is 0 Å². The van der Waals surface area contributed by atoms with Gasteiger partial charge in [0.15, 0.2) is 5.65 Å². The Bertz CT molecular complexity index is 892. The minimum Gasteiger partial charge on any atom is -0.469 e. The number of aromatic nitrogens is 3. The number of methoxy groups -OCH3 is 1. The highest BCUT2D eigenvalue weighted by Crippen LogP contribution is 2.52. The number of hydrogen-bond acceptors (Lipinski definition) is 6. The largest absolute Gasteiger partial charge is 0.469 e. The van der Waals surface area contributed by atoms with Crippen LogP contribution in [0, 0.1) is 17.8 Å². The van der Waals surface area contributed by atoms with Crippen LogP contribution >= 0.6 is 0 Å². The zero-order chi connectivity index (χ0) is 18.5. The first-order valence-corrected chi connectivity index (χ1v) is 9.45. The van der Waals surface area contributed by atoms with Gasteiger partial charge in [0, 0.05) is 38.5 Å². The number of fused-ring (bicyclic) bond motifs is 2. The normalized spacial score (nSPS) is 27.6. The van der Waals surface area contributed by atoms with Crippen molar-refractivity contribution in [2.75, 3.05) is 33.4 Å². The fourth-order valence-corrected chi connectivity index (χ4v) is 4.63. The molecule has 1 saturated carbocycles. The van der Waals surface area contributed by atoms with Gasteiger partial charge in [-0.15, -0.1) is 0 Å². The molecule has 0 N–H and O–H groups in total. The lowest BCUT2D eigenvalue weighted by atomic mass is 10.1. The summed E-state index contributed by atoms with van der Waals surface area (Å²) < 4.78 is 12.3. The van der Waals surface area contributed by atoms with E-state index in [1.165, 1.54) is 7.11 Å². The van der Waals surface area contributed by atoms with Crippen molar-refractivity contribution in [3.8, 4) is 0 Å². The van der Waals surface area contributed by atoms with Gasteiger partial charge in [-0.25, -0.2) is 9.97 Å². The average molecular weight is 370 g/mol. The van der Waals surface area contributed by atoms with Crippen molar-refractivity contribution in [3.05, 3.63) is 24.2 Å². The number of pyridine rings is 1. The lowest BCUT2D eigenvalue weighted by molar-refractivity contribution is -0.143. The standard InChI is InChI=1S/C19H22N4O4/c1-26-19(25)16-13-8-22(9-14(13)16)18(24)11-6-15-17(20-7-11)23(10-21-15)12-2-4-27-5-3-12/h6-7,10,12-14,16H,2-5,8-9H2,1H3/t13-,14+,16?. The second kappa shape index (κ2) is 6.30. The molecule has 2 aliphatic heterocycles. The number of esters is 1. The highest BCUT2D eigenvalue weighted by molar-refractivity contribution is 5.97. The highest BCUT2D eigenvalue weighted by atomic mass is 16.5. The van der Waals surface area contributed by atoms with E-state index in [4.69, 9.17) is 9.47 Å². The molecule has 2 aromatic heterocycles. The summed E-state index contributed by atoms with van der Waals surface area (Å²) in [4.78, 5) is 35.3. The number of amides is 1. The van der Waals surface area contributed by atoms with Crippen LogP contribution in [0.15, 0.2) is 18.6 Å². The number of carbonyl (C=O) groups is 2. The van der Waals surface area contributed by atoms with Crippen LogP contribution in [-0.2, 0) is 14.3 Å². The van der Waals surface area contributed by atoms with Crippen molar-refractivity contribution < 1.29 is 19.1 Å². The summed E-state index contributed by atoms with van der Waals surface area (Å²) in [5.74, 6) is 0.256. The summed E-state index contributed by atoms with van der Waals surface area (Å²) in [6, 6.07) is 2.17. The molecule has 0 radical (unpaired) electrons. The van der Waals surface area contributed by atoms with Gasteiger partial charge in [-0.3, -0.25) is 9.59 Å². The summed E-state index contributed by atoms with van der Waals surface area (Å²) in [6.07, 6.45) is 5.36. The number of imidazole rings is 1. The van der Waals surface area contributed by atoms with E-state index in [-0.39, 0.29) is 29.6 Å². The number of hydrogen-bond donors (Lipinski definition) is 0. The third-order valence-electron chi connectivity index (χ3n) is 6.20. The molecule has 5 rings (SSSR count). The molecule has 8 nitrogen and oxygen atoms in total. The SMILES string of the molecule is COC(=O)C1[C@H]2CN(C(=O)c3cnc4c(c3)ncn4C3CCOCC3)C[C@@H]12. The average Bonchev–Trinajstić information content (AvgIpc) is 3.06. The molecule has 3 aliphatic rings. The van der Waals surface area contributed by atoms with Crippen molar-refractivity contribution in [2.45, 2.75) is 18.9 Å². The van der Waals surface area contributed by atoms with Crippen molar-refractivity contribution in [3.63, 3.8) is 0 Å².